The molecular formula is C28H44O4. The maximum atomic E-state index is 13.9. The summed E-state index contributed by atoms with van der Waals surface area (Å²) in [6, 6.07) is 0. The predicted molar refractivity (Wildman–Crippen MR) is 126 cm³/mol. The fraction of sp³-hybridized carbons (Fsp3) is 0.857. The third-order valence-corrected chi connectivity index (χ3v) is 9.97. The van der Waals surface area contributed by atoms with Gasteiger partial charge in [0.05, 0.1) is 0 Å². The highest BCUT2D eigenvalue weighted by Crippen LogP contribution is 2.64. The number of rotatable bonds is 6. The molecular weight excluding hydrogens is 400 g/mol. The van der Waals surface area contributed by atoms with Crippen LogP contribution in [-0.2, 0) is 19.1 Å². The molecule has 0 aromatic heterocycles. The van der Waals surface area contributed by atoms with E-state index in [0.717, 1.165) is 11.8 Å². The maximum Gasteiger partial charge on any atom is 0.333 e. The molecule has 180 valence electrons. The van der Waals surface area contributed by atoms with E-state index in [-0.39, 0.29) is 11.6 Å². The summed E-state index contributed by atoms with van der Waals surface area (Å²) >= 11 is 0. The minimum absolute atomic E-state index is 0.206. The predicted octanol–water partition coefficient (Wildman–Crippen LogP) is 6.47. The lowest BCUT2D eigenvalue weighted by Gasteiger charge is -2.63. The summed E-state index contributed by atoms with van der Waals surface area (Å²) in [4.78, 5) is 26.2. The molecule has 4 nitrogen and oxygen atoms in total. The second-order valence-electron chi connectivity index (χ2n) is 12.8. The zero-order chi connectivity index (χ0) is 23.5. The van der Waals surface area contributed by atoms with Crippen molar-refractivity contribution in [3.05, 3.63) is 12.2 Å². The average Bonchev–Trinajstić information content (AvgIpc) is 2.69. The van der Waals surface area contributed by atoms with Crippen molar-refractivity contribution in [2.75, 3.05) is 0 Å². The molecule has 0 radical (unpaired) electrons. The van der Waals surface area contributed by atoms with Gasteiger partial charge in [0.25, 0.3) is 0 Å². The van der Waals surface area contributed by atoms with E-state index in [0.29, 0.717) is 29.2 Å². The van der Waals surface area contributed by atoms with Crippen molar-refractivity contribution in [1.82, 2.24) is 0 Å². The molecule has 5 aliphatic carbocycles. The Hall–Kier alpha value is -1.32. The molecule has 4 heteroatoms. The first-order chi connectivity index (χ1) is 14.9. The Labute approximate surface area is 194 Å². The number of hydrogen-bond acceptors (Lipinski definition) is 4. The Morgan fingerprint density at radius 3 is 1.94 bits per heavy atom. The monoisotopic (exact) mass is 444 g/mol. The number of carbonyl (C=O) groups excluding carboxylic acids is 2. The van der Waals surface area contributed by atoms with E-state index in [9.17, 15) is 9.59 Å². The Morgan fingerprint density at radius 1 is 0.875 bits per heavy atom. The van der Waals surface area contributed by atoms with Gasteiger partial charge in [-0.3, -0.25) is 4.79 Å². The molecule has 2 atom stereocenters. The first-order valence-electron chi connectivity index (χ1n) is 13.0. The molecule has 5 rings (SSSR count). The van der Waals surface area contributed by atoms with Crippen molar-refractivity contribution in [2.24, 2.45) is 40.9 Å². The van der Waals surface area contributed by atoms with Gasteiger partial charge in [0.1, 0.15) is 16.6 Å². The zero-order valence-corrected chi connectivity index (χ0v) is 21.2. The molecule has 0 aromatic carbocycles. The third kappa shape index (κ3) is 3.84. The van der Waals surface area contributed by atoms with E-state index < -0.39 is 17.0 Å². The largest absolute Gasteiger partial charge is 0.458 e. The molecule has 0 N–H and O–H groups in total. The average molecular weight is 445 g/mol. The summed E-state index contributed by atoms with van der Waals surface area (Å²) in [5.74, 6) is 3.14. The van der Waals surface area contributed by atoms with Crippen molar-refractivity contribution in [3.8, 4) is 0 Å². The van der Waals surface area contributed by atoms with Crippen molar-refractivity contribution < 1.29 is 19.1 Å². The van der Waals surface area contributed by atoms with Gasteiger partial charge in [-0.05, 0) is 115 Å². The molecule has 5 saturated carbocycles. The fourth-order valence-corrected chi connectivity index (χ4v) is 7.66. The Morgan fingerprint density at radius 2 is 1.44 bits per heavy atom. The topological polar surface area (TPSA) is 52.6 Å². The smallest absolute Gasteiger partial charge is 0.333 e. The van der Waals surface area contributed by atoms with Gasteiger partial charge in [-0.2, -0.15) is 0 Å². The van der Waals surface area contributed by atoms with Gasteiger partial charge in [-0.1, -0.05) is 26.3 Å². The summed E-state index contributed by atoms with van der Waals surface area (Å²) in [6.07, 6.45) is 11.1. The quantitative estimate of drug-likeness (QED) is 0.348. The maximum absolute atomic E-state index is 13.9. The first-order valence-corrected chi connectivity index (χ1v) is 13.0. The van der Waals surface area contributed by atoms with Gasteiger partial charge in [-0.25, -0.2) is 4.79 Å². The van der Waals surface area contributed by atoms with E-state index in [4.69, 9.17) is 9.47 Å². The van der Waals surface area contributed by atoms with E-state index in [1.807, 2.05) is 27.7 Å². The second kappa shape index (κ2) is 8.17. The van der Waals surface area contributed by atoms with E-state index in [2.05, 4.69) is 13.5 Å². The van der Waals surface area contributed by atoms with Crippen molar-refractivity contribution in [3.63, 3.8) is 0 Å². The standard InChI is InChI=1S/C28H44O4/c1-17(2)24(29)31-27(6,7)26(4,5)25(30)32-28(21-10-8-9-18(3)11-21)22-13-19-12-20(15-22)16-23(28)14-19/h18-23H,1,8-16H2,2-7H3. The first kappa shape index (κ1) is 23.8. The molecule has 5 fully saturated rings. The fourth-order valence-electron chi connectivity index (χ4n) is 7.66. The number of hydrogen-bond donors (Lipinski definition) is 0. The van der Waals surface area contributed by atoms with Crippen LogP contribution < -0.4 is 0 Å². The van der Waals surface area contributed by atoms with Crippen LogP contribution in [0.3, 0.4) is 0 Å². The summed E-state index contributed by atoms with van der Waals surface area (Å²) < 4.78 is 12.6. The van der Waals surface area contributed by atoms with E-state index >= 15 is 0 Å². The van der Waals surface area contributed by atoms with E-state index in [1.54, 1.807) is 6.92 Å². The molecule has 4 bridgehead atoms. The number of esters is 2. The summed E-state index contributed by atoms with van der Waals surface area (Å²) in [5.41, 5.74) is -1.94. The highest BCUT2D eigenvalue weighted by atomic mass is 16.6. The molecule has 2 unspecified atom stereocenters. The van der Waals surface area contributed by atoms with Gasteiger partial charge in [0.15, 0.2) is 0 Å². The van der Waals surface area contributed by atoms with Crippen LogP contribution in [0.15, 0.2) is 12.2 Å². The van der Waals surface area contributed by atoms with Crippen LogP contribution in [0, 0.1) is 40.9 Å². The molecule has 0 saturated heterocycles. The molecule has 0 heterocycles. The summed E-state index contributed by atoms with van der Waals surface area (Å²) in [7, 11) is 0. The minimum atomic E-state index is -0.993. The minimum Gasteiger partial charge on any atom is -0.458 e. The SMILES string of the molecule is C=C(C)C(=O)OC(C)(C)C(C)(C)C(=O)OC1(C2CCCC(C)C2)C2CC3CC(C2)CC1C3. The second-order valence-corrected chi connectivity index (χ2v) is 12.8. The highest BCUT2D eigenvalue weighted by molar-refractivity contribution is 5.88. The van der Waals surface area contributed by atoms with Crippen LogP contribution in [0.2, 0.25) is 0 Å². The summed E-state index contributed by atoms with van der Waals surface area (Å²) in [5, 5.41) is 0. The molecule has 32 heavy (non-hydrogen) atoms. The van der Waals surface area contributed by atoms with Crippen LogP contribution >= 0.6 is 0 Å². The van der Waals surface area contributed by atoms with Crippen LogP contribution in [0.25, 0.3) is 0 Å². The van der Waals surface area contributed by atoms with Crippen LogP contribution in [-0.4, -0.2) is 23.1 Å². The van der Waals surface area contributed by atoms with Gasteiger partial charge in [0.2, 0.25) is 0 Å². The molecule has 0 aliphatic heterocycles. The van der Waals surface area contributed by atoms with Crippen molar-refractivity contribution in [1.29, 1.82) is 0 Å². The Bertz CT molecular complexity index is 748. The zero-order valence-electron chi connectivity index (χ0n) is 21.2. The summed E-state index contributed by atoms with van der Waals surface area (Å²) in [6.45, 7) is 15.1. The number of carbonyl (C=O) groups is 2. The van der Waals surface area contributed by atoms with Gasteiger partial charge >= 0.3 is 11.9 Å². The molecule has 0 spiro atoms. The van der Waals surface area contributed by atoms with Crippen LogP contribution in [0.5, 0.6) is 0 Å². The van der Waals surface area contributed by atoms with Gasteiger partial charge in [-0.15, -0.1) is 0 Å². The van der Waals surface area contributed by atoms with Crippen LogP contribution in [0.4, 0.5) is 0 Å². The molecule has 0 aromatic rings. The van der Waals surface area contributed by atoms with Crippen molar-refractivity contribution >= 4 is 11.9 Å². The van der Waals surface area contributed by atoms with Gasteiger partial charge in [0, 0.05) is 5.57 Å². The van der Waals surface area contributed by atoms with Crippen molar-refractivity contribution in [2.45, 2.75) is 111 Å². The lowest BCUT2D eigenvalue weighted by Crippen LogP contribution is -2.65. The molecule has 0 amide bonds. The van der Waals surface area contributed by atoms with E-state index in [1.165, 1.54) is 57.8 Å². The highest BCUT2D eigenvalue weighted by Gasteiger charge is 2.64. The normalized spacial score (nSPS) is 38.9. The number of ether oxygens (including phenoxy) is 2. The lowest BCUT2D eigenvalue weighted by molar-refractivity contribution is -0.246. The van der Waals surface area contributed by atoms with Gasteiger partial charge < -0.3 is 9.47 Å². The molecule has 5 aliphatic rings. The Kier molecular flexibility index (Phi) is 6.08. The third-order valence-electron chi connectivity index (χ3n) is 9.97. The van der Waals surface area contributed by atoms with Crippen LogP contribution in [0.1, 0.15) is 99.3 Å². The lowest BCUT2D eigenvalue weighted by atomic mass is 9.46. The Balaban J connectivity index is 1.64.